The predicted octanol–water partition coefficient (Wildman–Crippen LogP) is 4.99. The summed E-state index contributed by atoms with van der Waals surface area (Å²) in [6.07, 6.45) is 6.14. The van der Waals surface area contributed by atoms with Crippen LogP contribution in [0.2, 0.25) is 0 Å². The van der Waals surface area contributed by atoms with E-state index in [0.29, 0.717) is 5.75 Å². The van der Waals surface area contributed by atoms with Crippen LogP contribution in [0.3, 0.4) is 0 Å². The average Bonchev–Trinajstić information content (AvgIpc) is 3.28. The molecule has 35 heavy (non-hydrogen) atoms. The summed E-state index contributed by atoms with van der Waals surface area (Å²) >= 11 is 3.11. The molecule has 3 aromatic heterocycles. The van der Waals surface area contributed by atoms with Crippen LogP contribution < -0.4 is 10.2 Å². The maximum Gasteiger partial charge on any atom is 0.234 e. The first-order valence-electron chi connectivity index (χ1n) is 12.1. The van der Waals surface area contributed by atoms with E-state index in [-0.39, 0.29) is 5.91 Å². The van der Waals surface area contributed by atoms with E-state index in [0.717, 1.165) is 76.3 Å². The Morgan fingerprint density at radius 1 is 1.14 bits per heavy atom. The van der Waals surface area contributed by atoms with E-state index in [1.165, 1.54) is 41.1 Å². The molecule has 4 aromatic rings. The number of hydrogen-bond donors (Lipinski definition) is 1. The number of amides is 1. The lowest BCUT2D eigenvalue weighted by molar-refractivity contribution is -0.113. The monoisotopic (exact) mass is 505 g/mol. The van der Waals surface area contributed by atoms with Gasteiger partial charge in [0.25, 0.3) is 0 Å². The number of thioether (sulfide) groups is 1. The Bertz CT molecular complexity index is 1410. The number of carbonyl (C=O) groups is 1. The van der Waals surface area contributed by atoms with E-state index in [4.69, 9.17) is 14.7 Å². The van der Waals surface area contributed by atoms with Crippen molar-refractivity contribution in [1.82, 2.24) is 15.0 Å². The lowest BCUT2D eigenvalue weighted by atomic mass is 9.90. The molecule has 0 bridgehead atoms. The summed E-state index contributed by atoms with van der Waals surface area (Å²) in [6, 6.07) is 7.82. The molecule has 1 fully saturated rings. The molecule has 0 unspecified atom stereocenters. The maximum absolute atomic E-state index is 12.7. The molecule has 1 aliphatic carbocycles. The van der Waals surface area contributed by atoms with E-state index >= 15 is 0 Å². The molecule has 4 heterocycles. The molecule has 180 valence electrons. The minimum atomic E-state index is -0.0396. The third-order valence-corrected chi connectivity index (χ3v) is 8.94. The molecular weight excluding hydrogens is 478 g/mol. The second-order valence-electron chi connectivity index (χ2n) is 8.99. The first-order valence-corrected chi connectivity index (χ1v) is 13.9. The van der Waals surface area contributed by atoms with Gasteiger partial charge in [0.1, 0.15) is 22.0 Å². The number of hydrogen-bond acceptors (Lipinski definition) is 8. The number of ether oxygens (including phenoxy) is 1. The van der Waals surface area contributed by atoms with E-state index in [2.05, 4.69) is 15.2 Å². The van der Waals surface area contributed by atoms with Crippen molar-refractivity contribution in [1.29, 1.82) is 0 Å². The quantitative estimate of drug-likeness (QED) is 0.302. The Labute approximate surface area is 212 Å². The second kappa shape index (κ2) is 9.72. The minimum Gasteiger partial charge on any atom is -0.378 e. The summed E-state index contributed by atoms with van der Waals surface area (Å²) in [6.45, 7) is 5.25. The van der Waals surface area contributed by atoms with Crippen molar-refractivity contribution in [2.24, 2.45) is 0 Å². The zero-order valence-electron chi connectivity index (χ0n) is 19.7. The number of aryl methyl sites for hydroxylation is 2. The van der Waals surface area contributed by atoms with Gasteiger partial charge in [-0.05, 0) is 55.4 Å². The molecule has 0 radical (unpaired) electrons. The van der Waals surface area contributed by atoms with Gasteiger partial charge in [-0.1, -0.05) is 30.0 Å². The summed E-state index contributed by atoms with van der Waals surface area (Å²) in [5.41, 5.74) is 5.66. The van der Waals surface area contributed by atoms with Crippen LogP contribution in [0.4, 0.5) is 11.5 Å². The van der Waals surface area contributed by atoms with Gasteiger partial charge in [0.2, 0.25) is 5.91 Å². The molecule has 1 aliphatic heterocycles. The molecule has 1 N–H and O–H groups in total. The third-order valence-electron chi connectivity index (χ3n) is 6.74. The Hall–Kier alpha value is -2.75. The minimum absolute atomic E-state index is 0.0396. The number of benzene rings is 1. The van der Waals surface area contributed by atoms with Gasteiger partial charge in [0.05, 0.1) is 29.2 Å². The fourth-order valence-corrected chi connectivity index (χ4v) is 7.02. The standard InChI is InChI=1S/C26H27N5O2S2/c1-16-6-2-5-9-19(16)29-20(32)14-34-26-23-22(27-15-28-26)21-17-7-3-4-8-18(17)24(30-25(21)35-23)31-10-12-33-13-11-31/h2,5-6,9,15H,3-4,7-8,10-14H2,1H3,(H,29,32). The molecule has 0 atom stereocenters. The normalized spacial score (nSPS) is 16.0. The predicted molar refractivity (Wildman–Crippen MR) is 143 cm³/mol. The van der Waals surface area contributed by atoms with Gasteiger partial charge in [-0.25, -0.2) is 15.0 Å². The van der Waals surface area contributed by atoms with E-state index in [1.807, 2.05) is 31.2 Å². The number of anilines is 2. The molecule has 0 saturated carbocycles. The zero-order valence-corrected chi connectivity index (χ0v) is 21.3. The van der Waals surface area contributed by atoms with Crippen LogP contribution in [0, 0.1) is 6.92 Å². The first kappa shape index (κ1) is 22.7. The summed E-state index contributed by atoms with van der Waals surface area (Å²) in [7, 11) is 0. The third kappa shape index (κ3) is 4.37. The number of rotatable bonds is 5. The molecule has 1 saturated heterocycles. The highest BCUT2D eigenvalue weighted by Crippen LogP contribution is 2.43. The SMILES string of the molecule is Cc1ccccc1NC(=O)CSc1ncnc2c1sc1nc(N3CCOCC3)c3c(c12)CCCC3. The number of nitrogens with one attached hydrogen (secondary N) is 1. The van der Waals surface area contributed by atoms with Crippen molar-refractivity contribution >= 4 is 60.9 Å². The molecule has 9 heteroatoms. The van der Waals surface area contributed by atoms with Crippen LogP contribution in [0.15, 0.2) is 35.6 Å². The molecule has 1 amide bonds. The Morgan fingerprint density at radius 2 is 1.94 bits per heavy atom. The van der Waals surface area contributed by atoms with Crippen molar-refractivity contribution < 1.29 is 9.53 Å². The summed E-state index contributed by atoms with van der Waals surface area (Å²) in [5, 5.41) is 5.04. The van der Waals surface area contributed by atoms with Crippen molar-refractivity contribution in [2.75, 3.05) is 42.3 Å². The van der Waals surface area contributed by atoms with Gasteiger partial charge in [0.15, 0.2) is 0 Å². The van der Waals surface area contributed by atoms with Gasteiger partial charge in [0, 0.05) is 24.2 Å². The molecule has 6 rings (SSSR count). The number of morpholine rings is 1. The maximum atomic E-state index is 12.7. The van der Waals surface area contributed by atoms with Crippen LogP contribution >= 0.6 is 23.1 Å². The fraction of sp³-hybridized carbons (Fsp3) is 0.385. The van der Waals surface area contributed by atoms with Crippen LogP contribution in [-0.2, 0) is 22.4 Å². The Kier molecular flexibility index (Phi) is 6.30. The Morgan fingerprint density at radius 3 is 2.77 bits per heavy atom. The molecule has 2 aliphatic rings. The van der Waals surface area contributed by atoms with Crippen molar-refractivity contribution in [3.63, 3.8) is 0 Å². The molecule has 0 spiro atoms. The molecular formula is C26H27N5O2S2. The van der Waals surface area contributed by atoms with Gasteiger partial charge < -0.3 is 15.0 Å². The van der Waals surface area contributed by atoms with Crippen LogP contribution in [-0.4, -0.2) is 52.9 Å². The van der Waals surface area contributed by atoms with Crippen LogP contribution in [0.1, 0.15) is 29.5 Å². The van der Waals surface area contributed by atoms with Gasteiger partial charge in [-0.3, -0.25) is 4.79 Å². The van der Waals surface area contributed by atoms with E-state index in [9.17, 15) is 4.79 Å². The summed E-state index contributed by atoms with van der Waals surface area (Å²) < 4.78 is 6.61. The van der Waals surface area contributed by atoms with E-state index < -0.39 is 0 Å². The van der Waals surface area contributed by atoms with Gasteiger partial charge >= 0.3 is 0 Å². The number of pyridine rings is 1. The summed E-state index contributed by atoms with van der Waals surface area (Å²) in [5.74, 6) is 1.38. The lowest BCUT2D eigenvalue weighted by Gasteiger charge is -2.31. The average molecular weight is 506 g/mol. The highest BCUT2D eigenvalue weighted by molar-refractivity contribution is 8.00. The number of para-hydroxylation sites is 1. The van der Waals surface area contributed by atoms with Crippen LogP contribution in [0.25, 0.3) is 20.4 Å². The zero-order chi connectivity index (χ0) is 23.8. The van der Waals surface area contributed by atoms with Crippen molar-refractivity contribution in [3.8, 4) is 0 Å². The Balaban J connectivity index is 1.34. The number of carbonyl (C=O) groups excluding carboxylic acids is 1. The second-order valence-corrected chi connectivity index (χ2v) is 11.0. The van der Waals surface area contributed by atoms with Gasteiger partial charge in [-0.15, -0.1) is 11.3 Å². The molecule has 7 nitrogen and oxygen atoms in total. The smallest absolute Gasteiger partial charge is 0.234 e. The summed E-state index contributed by atoms with van der Waals surface area (Å²) in [4.78, 5) is 30.5. The van der Waals surface area contributed by atoms with Crippen LogP contribution in [0.5, 0.6) is 0 Å². The number of thiophene rings is 1. The highest BCUT2D eigenvalue weighted by atomic mass is 32.2. The van der Waals surface area contributed by atoms with E-state index in [1.54, 1.807) is 17.7 Å². The number of fused-ring (bicyclic) bond motifs is 5. The first-order chi connectivity index (χ1) is 17.2. The van der Waals surface area contributed by atoms with Crippen molar-refractivity contribution in [3.05, 3.63) is 47.3 Å². The number of aromatic nitrogens is 3. The fourth-order valence-electron chi connectivity index (χ4n) is 4.99. The van der Waals surface area contributed by atoms with Crippen molar-refractivity contribution in [2.45, 2.75) is 37.6 Å². The highest BCUT2D eigenvalue weighted by Gasteiger charge is 2.26. The molecule has 1 aromatic carbocycles. The topological polar surface area (TPSA) is 80.2 Å². The van der Waals surface area contributed by atoms with Gasteiger partial charge in [-0.2, -0.15) is 0 Å². The number of nitrogens with zero attached hydrogens (tertiary/aromatic N) is 4. The lowest BCUT2D eigenvalue weighted by Crippen LogP contribution is -2.37. The largest absolute Gasteiger partial charge is 0.378 e.